The van der Waals surface area contributed by atoms with Crippen molar-refractivity contribution in [3.05, 3.63) is 53.1 Å². The zero-order valence-corrected chi connectivity index (χ0v) is 15.3. The molecular formula is C20H24N2O4. The van der Waals surface area contributed by atoms with Gasteiger partial charge < -0.3 is 14.6 Å². The van der Waals surface area contributed by atoms with Gasteiger partial charge in [-0.1, -0.05) is 6.07 Å². The molecule has 2 aromatic carbocycles. The van der Waals surface area contributed by atoms with Crippen LogP contribution in [0, 0.1) is 6.92 Å². The molecule has 0 saturated heterocycles. The number of ether oxygens (including phenoxy) is 2. The van der Waals surface area contributed by atoms with Crippen LogP contribution in [-0.4, -0.2) is 31.4 Å². The molecule has 0 radical (unpaired) electrons. The molecule has 26 heavy (non-hydrogen) atoms. The van der Waals surface area contributed by atoms with Gasteiger partial charge in [0.15, 0.2) is 11.5 Å². The first-order valence-corrected chi connectivity index (χ1v) is 8.36. The number of hydrogen-bond acceptors (Lipinski definition) is 5. The summed E-state index contributed by atoms with van der Waals surface area (Å²) < 4.78 is 10.2. The molecule has 0 saturated carbocycles. The summed E-state index contributed by atoms with van der Waals surface area (Å²) in [5.41, 5.74) is 5.59. The van der Waals surface area contributed by atoms with E-state index < -0.39 is 0 Å². The third-order valence-corrected chi connectivity index (χ3v) is 4.01. The molecular weight excluding hydrogens is 332 g/mol. The number of nitrogens with zero attached hydrogens (tertiary/aromatic N) is 1. The highest BCUT2D eigenvalue weighted by Crippen LogP contribution is 2.25. The minimum Gasteiger partial charge on any atom is -0.504 e. The van der Waals surface area contributed by atoms with Crippen molar-refractivity contribution in [1.82, 2.24) is 5.43 Å². The molecule has 2 rings (SSSR count). The molecule has 0 unspecified atom stereocenters. The molecule has 0 aliphatic rings. The van der Waals surface area contributed by atoms with Crippen LogP contribution in [0.15, 0.2) is 41.5 Å². The van der Waals surface area contributed by atoms with Crippen LogP contribution in [0.1, 0.15) is 29.5 Å². The van der Waals surface area contributed by atoms with E-state index in [2.05, 4.69) is 10.5 Å². The van der Waals surface area contributed by atoms with Gasteiger partial charge in [-0.25, -0.2) is 5.43 Å². The summed E-state index contributed by atoms with van der Waals surface area (Å²) in [4.78, 5) is 11.9. The van der Waals surface area contributed by atoms with Gasteiger partial charge >= 0.3 is 0 Å². The molecule has 2 aromatic rings. The van der Waals surface area contributed by atoms with E-state index in [1.807, 2.05) is 25.1 Å². The van der Waals surface area contributed by atoms with Crippen LogP contribution in [-0.2, 0) is 11.2 Å². The number of rotatable bonds is 8. The van der Waals surface area contributed by atoms with Crippen molar-refractivity contribution in [3.8, 4) is 17.2 Å². The molecule has 2 N–H and O–H groups in total. The summed E-state index contributed by atoms with van der Waals surface area (Å²) in [5, 5.41) is 13.5. The SMILES string of the molecule is COc1ccc(CCCC(=O)N/N=C\c2ccc(O)c(OC)c2)c(C)c1. The second kappa shape index (κ2) is 9.46. The highest BCUT2D eigenvalue weighted by molar-refractivity contribution is 5.83. The lowest BCUT2D eigenvalue weighted by Gasteiger charge is -2.07. The minimum absolute atomic E-state index is 0.0579. The molecule has 0 aromatic heterocycles. The van der Waals surface area contributed by atoms with Gasteiger partial charge in [-0.3, -0.25) is 4.79 Å². The number of amides is 1. The van der Waals surface area contributed by atoms with Crippen molar-refractivity contribution in [2.24, 2.45) is 5.10 Å². The normalized spacial score (nSPS) is 10.7. The number of carbonyl (C=O) groups excluding carboxylic acids is 1. The van der Waals surface area contributed by atoms with E-state index in [1.54, 1.807) is 19.2 Å². The van der Waals surface area contributed by atoms with Crippen molar-refractivity contribution in [3.63, 3.8) is 0 Å². The lowest BCUT2D eigenvalue weighted by atomic mass is 10.0. The molecule has 0 bridgehead atoms. The fourth-order valence-corrected chi connectivity index (χ4v) is 2.52. The average molecular weight is 356 g/mol. The van der Waals surface area contributed by atoms with Crippen molar-refractivity contribution < 1.29 is 19.4 Å². The van der Waals surface area contributed by atoms with E-state index in [-0.39, 0.29) is 11.7 Å². The predicted molar refractivity (Wildman–Crippen MR) is 101 cm³/mol. The van der Waals surface area contributed by atoms with E-state index in [4.69, 9.17) is 9.47 Å². The van der Waals surface area contributed by atoms with E-state index in [0.29, 0.717) is 17.7 Å². The highest BCUT2D eigenvalue weighted by atomic mass is 16.5. The van der Waals surface area contributed by atoms with Gasteiger partial charge in [-0.2, -0.15) is 5.10 Å². The van der Waals surface area contributed by atoms with E-state index in [0.717, 1.165) is 24.2 Å². The summed E-state index contributed by atoms with van der Waals surface area (Å²) in [6.07, 6.45) is 3.46. The van der Waals surface area contributed by atoms with Crippen molar-refractivity contribution >= 4 is 12.1 Å². The Labute approximate surface area is 153 Å². The Morgan fingerprint density at radius 3 is 2.69 bits per heavy atom. The number of hydrazone groups is 1. The minimum atomic E-state index is -0.141. The topological polar surface area (TPSA) is 80.2 Å². The van der Waals surface area contributed by atoms with Gasteiger partial charge in [0.2, 0.25) is 5.91 Å². The number of aromatic hydroxyl groups is 1. The Morgan fingerprint density at radius 1 is 1.19 bits per heavy atom. The Balaban J connectivity index is 1.78. The number of hydrogen-bond donors (Lipinski definition) is 2. The Bertz CT molecular complexity index is 787. The predicted octanol–water partition coefficient (Wildman–Crippen LogP) is 3.19. The molecule has 0 spiro atoms. The number of aryl methyl sites for hydroxylation is 2. The average Bonchev–Trinajstić information content (AvgIpc) is 2.64. The molecule has 0 atom stereocenters. The summed E-state index contributed by atoms with van der Waals surface area (Å²) in [6.45, 7) is 2.04. The number of methoxy groups -OCH3 is 2. The molecule has 0 aliphatic carbocycles. The van der Waals surface area contributed by atoms with Crippen LogP contribution in [0.3, 0.4) is 0 Å². The van der Waals surface area contributed by atoms with E-state index in [9.17, 15) is 9.90 Å². The van der Waals surface area contributed by atoms with Crippen molar-refractivity contribution in [2.75, 3.05) is 14.2 Å². The Kier molecular flexibility index (Phi) is 7.02. The van der Waals surface area contributed by atoms with Gasteiger partial charge in [-0.05, 0) is 66.8 Å². The first-order valence-electron chi connectivity index (χ1n) is 8.36. The van der Waals surface area contributed by atoms with Gasteiger partial charge in [0.25, 0.3) is 0 Å². The zero-order valence-electron chi connectivity index (χ0n) is 15.3. The third-order valence-electron chi connectivity index (χ3n) is 4.01. The molecule has 0 aliphatic heterocycles. The molecule has 0 heterocycles. The fraction of sp³-hybridized carbons (Fsp3) is 0.300. The monoisotopic (exact) mass is 356 g/mol. The molecule has 138 valence electrons. The van der Waals surface area contributed by atoms with E-state index >= 15 is 0 Å². The first-order chi connectivity index (χ1) is 12.5. The van der Waals surface area contributed by atoms with Crippen LogP contribution in [0.25, 0.3) is 0 Å². The third kappa shape index (κ3) is 5.51. The molecule has 6 nitrogen and oxygen atoms in total. The fourth-order valence-electron chi connectivity index (χ4n) is 2.52. The van der Waals surface area contributed by atoms with Crippen LogP contribution >= 0.6 is 0 Å². The number of phenolic OH excluding ortho intramolecular Hbond substituents is 1. The standard InChI is InChI=1S/C20H24N2O4/c1-14-11-17(25-2)9-8-16(14)5-4-6-20(24)22-21-13-15-7-10-18(23)19(12-15)26-3/h7-13,23H,4-6H2,1-3H3,(H,22,24)/b21-13-. The first kappa shape index (κ1) is 19.3. The lowest BCUT2D eigenvalue weighted by molar-refractivity contribution is -0.121. The number of benzene rings is 2. The van der Waals surface area contributed by atoms with Crippen LogP contribution < -0.4 is 14.9 Å². The number of carbonyl (C=O) groups is 1. The van der Waals surface area contributed by atoms with Crippen LogP contribution in [0.5, 0.6) is 17.2 Å². The van der Waals surface area contributed by atoms with Crippen molar-refractivity contribution in [2.45, 2.75) is 26.2 Å². The lowest BCUT2D eigenvalue weighted by Crippen LogP contribution is -2.17. The molecule has 0 fully saturated rings. The summed E-state index contributed by atoms with van der Waals surface area (Å²) in [7, 11) is 3.12. The Morgan fingerprint density at radius 2 is 2.00 bits per heavy atom. The maximum Gasteiger partial charge on any atom is 0.240 e. The smallest absolute Gasteiger partial charge is 0.240 e. The summed E-state index contributed by atoms with van der Waals surface area (Å²) in [6, 6.07) is 10.8. The molecule has 1 amide bonds. The second-order valence-electron chi connectivity index (χ2n) is 5.87. The maximum atomic E-state index is 11.9. The zero-order chi connectivity index (χ0) is 18.9. The van der Waals surface area contributed by atoms with Gasteiger partial charge in [0.05, 0.1) is 20.4 Å². The maximum absolute atomic E-state index is 11.9. The largest absolute Gasteiger partial charge is 0.504 e. The molecule has 6 heteroatoms. The Hall–Kier alpha value is -3.02. The van der Waals surface area contributed by atoms with Gasteiger partial charge in [-0.15, -0.1) is 0 Å². The highest BCUT2D eigenvalue weighted by Gasteiger charge is 2.04. The summed E-state index contributed by atoms with van der Waals surface area (Å²) in [5.74, 6) is 1.11. The van der Waals surface area contributed by atoms with Gasteiger partial charge in [0.1, 0.15) is 5.75 Å². The van der Waals surface area contributed by atoms with Crippen LogP contribution in [0.4, 0.5) is 0 Å². The van der Waals surface area contributed by atoms with Crippen LogP contribution in [0.2, 0.25) is 0 Å². The summed E-state index contributed by atoms with van der Waals surface area (Å²) >= 11 is 0. The van der Waals surface area contributed by atoms with Gasteiger partial charge in [0, 0.05) is 6.42 Å². The van der Waals surface area contributed by atoms with E-state index in [1.165, 1.54) is 25.0 Å². The number of phenols is 1. The number of nitrogens with one attached hydrogen (secondary N) is 1. The second-order valence-corrected chi connectivity index (χ2v) is 5.87. The van der Waals surface area contributed by atoms with Crippen molar-refractivity contribution in [1.29, 1.82) is 0 Å². The quantitative estimate of drug-likeness (QED) is 0.562.